The second kappa shape index (κ2) is 6.61. The molecule has 0 radical (unpaired) electrons. The molecule has 0 bridgehead atoms. The molecule has 104 valence electrons. The van der Waals surface area contributed by atoms with Crippen LogP contribution >= 0.6 is 0 Å². The highest BCUT2D eigenvalue weighted by atomic mass is 16.6. The molecule has 0 aliphatic rings. The van der Waals surface area contributed by atoms with Gasteiger partial charge in [-0.05, 0) is 38.1 Å². The van der Waals surface area contributed by atoms with Crippen LogP contribution in [0.15, 0.2) is 54.6 Å². The van der Waals surface area contributed by atoms with Gasteiger partial charge in [-0.25, -0.2) is 4.79 Å². The minimum absolute atomic E-state index is 0.0111. The van der Waals surface area contributed by atoms with Crippen LogP contribution in [-0.2, 0) is 0 Å². The van der Waals surface area contributed by atoms with Gasteiger partial charge in [0, 0.05) is 5.69 Å². The van der Waals surface area contributed by atoms with Crippen molar-refractivity contribution >= 4 is 11.8 Å². The average Bonchev–Trinajstić information content (AvgIpc) is 2.41. The number of hydrogen-bond acceptors (Lipinski definition) is 3. The van der Waals surface area contributed by atoms with E-state index in [0.29, 0.717) is 17.2 Å². The fourth-order valence-corrected chi connectivity index (χ4v) is 1.65. The smallest absolute Gasteiger partial charge is 0.417 e. The van der Waals surface area contributed by atoms with Gasteiger partial charge in [-0.2, -0.15) is 0 Å². The van der Waals surface area contributed by atoms with Crippen molar-refractivity contribution in [1.82, 2.24) is 0 Å². The van der Waals surface area contributed by atoms with Crippen molar-refractivity contribution in [3.05, 3.63) is 54.6 Å². The van der Waals surface area contributed by atoms with E-state index in [0.717, 1.165) is 0 Å². The summed E-state index contributed by atoms with van der Waals surface area (Å²) in [5.41, 5.74) is 0.680. The normalized spacial score (nSPS) is 10.2. The molecule has 0 saturated carbocycles. The molecule has 0 fully saturated rings. The third kappa shape index (κ3) is 4.02. The van der Waals surface area contributed by atoms with E-state index in [2.05, 4.69) is 5.32 Å². The first kappa shape index (κ1) is 13.9. The van der Waals surface area contributed by atoms with Crippen LogP contribution < -0.4 is 14.8 Å². The van der Waals surface area contributed by atoms with Gasteiger partial charge < -0.3 is 9.47 Å². The molecule has 0 atom stereocenters. The molecule has 0 aliphatic heterocycles. The molecule has 20 heavy (non-hydrogen) atoms. The molecule has 2 aromatic carbocycles. The summed E-state index contributed by atoms with van der Waals surface area (Å²) in [7, 11) is 0. The van der Waals surface area contributed by atoms with E-state index in [9.17, 15) is 4.79 Å². The van der Waals surface area contributed by atoms with E-state index in [4.69, 9.17) is 9.47 Å². The minimum atomic E-state index is -0.545. The Bertz CT molecular complexity index is 567. The maximum absolute atomic E-state index is 11.8. The van der Waals surface area contributed by atoms with Crippen LogP contribution in [0.5, 0.6) is 11.5 Å². The van der Waals surface area contributed by atoms with Gasteiger partial charge in [0.05, 0.1) is 6.10 Å². The molecular formula is C16H17NO3. The summed E-state index contributed by atoms with van der Waals surface area (Å²) in [5.74, 6) is 0.945. The Hall–Kier alpha value is -2.49. The van der Waals surface area contributed by atoms with E-state index in [1.54, 1.807) is 30.3 Å². The van der Waals surface area contributed by atoms with Crippen molar-refractivity contribution in [3.63, 3.8) is 0 Å². The van der Waals surface area contributed by atoms with E-state index in [1.807, 2.05) is 38.1 Å². The molecule has 0 unspecified atom stereocenters. The number of hydrogen-bond donors (Lipinski definition) is 1. The summed E-state index contributed by atoms with van der Waals surface area (Å²) in [6.07, 6.45) is -0.534. The lowest BCUT2D eigenvalue weighted by molar-refractivity contribution is 0.204. The van der Waals surface area contributed by atoms with Crippen molar-refractivity contribution in [2.24, 2.45) is 0 Å². The number of carbonyl (C=O) groups is 1. The number of ether oxygens (including phenoxy) is 2. The molecule has 0 heterocycles. The van der Waals surface area contributed by atoms with E-state index in [-0.39, 0.29) is 6.10 Å². The first-order chi connectivity index (χ1) is 9.65. The topological polar surface area (TPSA) is 47.6 Å². The second-order valence-electron chi connectivity index (χ2n) is 4.49. The summed E-state index contributed by atoms with van der Waals surface area (Å²) >= 11 is 0. The van der Waals surface area contributed by atoms with Crippen molar-refractivity contribution in [1.29, 1.82) is 0 Å². The molecule has 0 spiro atoms. The van der Waals surface area contributed by atoms with Crippen LogP contribution in [0.4, 0.5) is 10.5 Å². The third-order valence-corrected chi connectivity index (χ3v) is 2.43. The summed E-state index contributed by atoms with van der Waals surface area (Å²) in [5, 5.41) is 2.65. The van der Waals surface area contributed by atoms with Crippen molar-refractivity contribution in [2.75, 3.05) is 5.32 Å². The minimum Gasteiger partial charge on any atom is -0.487 e. The van der Waals surface area contributed by atoms with Gasteiger partial charge in [0.15, 0.2) is 11.5 Å². The number of benzene rings is 2. The molecule has 2 aromatic rings. The molecule has 2 rings (SSSR count). The summed E-state index contributed by atoms with van der Waals surface area (Å²) in [6, 6.07) is 16.2. The zero-order valence-corrected chi connectivity index (χ0v) is 11.5. The van der Waals surface area contributed by atoms with Crippen LogP contribution in [-0.4, -0.2) is 12.2 Å². The van der Waals surface area contributed by atoms with Crippen LogP contribution in [0, 0.1) is 0 Å². The second-order valence-corrected chi connectivity index (χ2v) is 4.49. The summed E-state index contributed by atoms with van der Waals surface area (Å²) in [6.45, 7) is 3.83. The Labute approximate surface area is 118 Å². The SMILES string of the molecule is CC(C)Oc1ccccc1OC(=O)Nc1ccccc1. The number of nitrogens with one attached hydrogen (secondary N) is 1. The van der Waals surface area contributed by atoms with Gasteiger partial charge in [-0.15, -0.1) is 0 Å². The van der Waals surface area contributed by atoms with Gasteiger partial charge in [0.1, 0.15) is 0 Å². The van der Waals surface area contributed by atoms with Crippen LogP contribution in [0.25, 0.3) is 0 Å². The summed E-state index contributed by atoms with van der Waals surface area (Å²) < 4.78 is 10.9. The van der Waals surface area contributed by atoms with Crippen molar-refractivity contribution in [2.45, 2.75) is 20.0 Å². The number of para-hydroxylation sites is 3. The third-order valence-electron chi connectivity index (χ3n) is 2.43. The number of rotatable bonds is 4. The number of amides is 1. The zero-order valence-electron chi connectivity index (χ0n) is 11.5. The standard InChI is InChI=1S/C16H17NO3/c1-12(2)19-14-10-6-7-11-15(14)20-16(18)17-13-8-4-3-5-9-13/h3-12H,1-2H3,(H,17,18). The van der Waals surface area contributed by atoms with Gasteiger partial charge in [-0.1, -0.05) is 30.3 Å². The largest absolute Gasteiger partial charge is 0.487 e. The maximum Gasteiger partial charge on any atom is 0.417 e. The van der Waals surface area contributed by atoms with Gasteiger partial charge in [0.2, 0.25) is 0 Å². The van der Waals surface area contributed by atoms with Crippen molar-refractivity contribution in [3.8, 4) is 11.5 Å². The molecule has 4 heteroatoms. The van der Waals surface area contributed by atoms with Gasteiger partial charge in [0.25, 0.3) is 0 Å². The molecule has 1 N–H and O–H groups in total. The van der Waals surface area contributed by atoms with E-state index in [1.165, 1.54) is 0 Å². The molecule has 0 saturated heterocycles. The quantitative estimate of drug-likeness (QED) is 0.911. The summed E-state index contributed by atoms with van der Waals surface area (Å²) in [4.78, 5) is 11.8. The first-order valence-electron chi connectivity index (χ1n) is 6.44. The van der Waals surface area contributed by atoms with Gasteiger partial charge in [-0.3, -0.25) is 5.32 Å². The Kier molecular flexibility index (Phi) is 4.60. The van der Waals surface area contributed by atoms with Crippen LogP contribution in [0.3, 0.4) is 0 Å². The van der Waals surface area contributed by atoms with Gasteiger partial charge >= 0.3 is 6.09 Å². The van der Waals surface area contributed by atoms with Crippen LogP contribution in [0.1, 0.15) is 13.8 Å². The highest BCUT2D eigenvalue weighted by Crippen LogP contribution is 2.27. The fraction of sp³-hybridized carbons (Fsp3) is 0.188. The molecular weight excluding hydrogens is 254 g/mol. The Morgan fingerprint density at radius 2 is 1.55 bits per heavy atom. The lowest BCUT2D eigenvalue weighted by Crippen LogP contribution is -2.17. The lowest BCUT2D eigenvalue weighted by atomic mass is 10.3. The predicted molar refractivity (Wildman–Crippen MR) is 78.3 cm³/mol. The molecule has 0 aromatic heterocycles. The monoisotopic (exact) mass is 271 g/mol. The zero-order chi connectivity index (χ0) is 14.4. The van der Waals surface area contributed by atoms with E-state index < -0.39 is 6.09 Å². The number of carbonyl (C=O) groups excluding carboxylic acids is 1. The fourth-order valence-electron chi connectivity index (χ4n) is 1.65. The average molecular weight is 271 g/mol. The first-order valence-corrected chi connectivity index (χ1v) is 6.44. The Balaban J connectivity index is 2.04. The highest BCUT2D eigenvalue weighted by Gasteiger charge is 2.10. The van der Waals surface area contributed by atoms with E-state index >= 15 is 0 Å². The van der Waals surface area contributed by atoms with Crippen LogP contribution in [0.2, 0.25) is 0 Å². The predicted octanol–water partition coefficient (Wildman–Crippen LogP) is 4.08. The van der Waals surface area contributed by atoms with Crippen molar-refractivity contribution < 1.29 is 14.3 Å². The Morgan fingerprint density at radius 3 is 2.20 bits per heavy atom. The number of anilines is 1. The molecule has 4 nitrogen and oxygen atoms in total. The molecule has 1 amide bonds. The maximum atomic E-state index is 11.8. The lowest BCUT2D eigenvalue weighted by Gasteiger charge is -2.14. The Morgan fingerprint density at radius 1 is 0.950 bits per heavy atom. The molecule has 0 aliphatic carbocycles. The highest BCUT2D eigenvalue weighted by molar-refractivity contribution is 5.86.